The molecule has 0 spiro atoms. The minimum atomic E-state index is -4.18. The van der Waals surface area contributed by atoms with Crippen molar-refractivity contribution in [2.75, 3.05) is 12.4 Å². The second kappa shape index (κ2) is 6.18. The number of thioether (sulfide) groups is 1. The van der Waals surface area contributed by atoms with Gasteiger partial charge in [-0.15, -0.1) is 0 Å². The lowest BCUT2D eigenvalue weighted by molar-refractivity contribution is 0.333. The van der Waals surface area contributed by atoms with Crippen LogP contribution in [0.5, 0.6) is 6.08 Å². The number of alkyl halides is 1. The fraction of sp³-hybridized carbons (Fsp3) is 0.200. The average Bonchev–Trinajstić information content (AvgIpc) is 2.83. The van der Waals surface area contributed by atoms with Gasteiger partial charge in [0.05, 0.1) is 6.67 Å². The summed E-state index contributed by atoms with van der Waals surface area (Å²) in [6.45, 7) is -0.586. The van der Waals surface area contributed by atoms with E-state index in [0.29, 0.717) is 0 Å². The Bertz CT molecular complexity index is 673. The van der Waals surface area contributed by atoms with Crippen molar-refractivity contribution in [3.63, 3.8) is 0 Å². The summed E-state index contributed by atoms with van der Waals surface area (Å²) in [5.41, 5.74) is 0. The van der Waals surface area contributed by atoms with E-state index in [2.05, 4.69) is 14.4 Å². The second-order valence-electron chi connectivity index (χ2n) is 3.36. The molecule has 0 bridgehead atoms. The van der Waals surface area contributed by atoms with Gasteiger partial charge in [0.2, 0.25) is 0 Å². The molecule has 0 fully saturated rings. The quantitative estimate of drug-likeness (QED) is 0.594. The van der Waals surface area contributed by atoms with Crippen LogP contribution in [0.1, 0.15) is 0 Å². The van der Waals surface area contributed by atoms with Gasteiger partial charge < -0.3 is 8.60 Å². The van der Waals surface area contributed by atoms with Crippen LogP contribution in [0.4, 0.5) is 8.78 Å². The number of rotatable bonds is 6. The normalized spacial score (nSPS) is 11.5. The number of aromatic nitrogens is 2. The van der Waals surface area contributed by atoms with Crippen molar-refractivity contribution in [1.82, 2.24) is 10.2 Å². The molecule has 0 unspecified atom stereocenters. The summed E-state index contributed by atoms with van der Waals surface area (Å²) >= 11 is 0.925. The fourth-order valence-electron chi connectivity index (χ4n) is 1.16. The van der Waals surface area contributed by atoms with Gasteiger partial charge in [0, 0.05) is 5.75 Å². The molecular formula is C10H8F2N2O4S2. The summed E-state index contributed by atoms with van der Waals surface area (Å²) in [6, 6.07) is 4.04. The highest BCUT2D eigenvalue weighted by atomic mass is 32.2. The highest BCUT2D eigenvalue weighted by molar-refractivity contribution is 7.99. The monoisotopic (exact) mass is 322 g/mol. The minimum absolute atomic E-state index is 0.00745. The molecule has 1 aromatic heterocycles. The zero-order valence-electron chi connectivity index (χ0n) is 9.82. The van der Waals surface area contributed by atoms with Crippen molar-refractivity contribution < 1.29 is 25.8 Å². The van der Waals surface area contributed by atoms with Crippen molar-refractivity contribution >= 4 is 21.9 Å². The molecule has 0 amide bonds. The molecular weight excluding hydrogens is 314 g/mol. The molecule has 0 radical (unpaired) electrons. The van der Waals surface area contributed by atoms with Crippen LogP contribution in [0.3, 0.4) is 0 Å². The molecule has 10 heteroatoms. The molecule has 2 aromatic rings. The van der Waals surface area contributed by atoms with Crippen molar-refractivity contribution in [3.8, 4) is 6.08 Å². The third-order valence-corrected chi connectivity index (χ3v) is 3.96. The van der Waals surface area contributed by atoms with E-state index in [1.165, 1.54) is 0 Å². The van der Waals surface area contributed by atoms with Gasteiger partial charge in [0.1, 0.15) is 10.7 Å². The number of hydrogen-bond acceptors (Lipinski definition) is 7. The lowest BCUT2D eigenvalue weighted by Gasteiger charge is -2.01. The summed E-state index contributed by atoms with van der Waals surface area (Å²) in [6.07, 6.45) is -0.587. The van der Waals surface area contributed by atoms with Crippen LogP contribution in [0.2, 0.25) is 0 Å². The van der Waals surface area contributed by atoms with Crippen molar-refractivity contribution in [2.24, 2.45) is 0 Å². The minimum Gasteiger partial charge on any atom is -0.382 e. The highest BCUT2D eigenvalue weighted by Crippen LogP contribution is 2.22. The van der Waals surface area contributed by atoms with Gasteiger partial charge in [-0.05, 0) is 24.3 Å². The van der Waals surface area contributed by atoms with Crippen LogP contribution >= 0.6 is 11.8 Å². The van der Waals surface area contributed by atoms with E-state index in [-0.39, 0.29) is 15.9 Å². The third-order valence-electron chi connectivity index (χ3n) is 1.97. The molecule has 0 saturated heterocycles. The van der Waals surface area contributed by atoms with Crippen LogP contribution in [-0.2, 0) is 10.1 Å². The van der Waals surface area contributed by atoms with Crippen LogP contribution in [-0.4, -0.2) is 31.0 Å². The first-order valence-electron chi connectivity index (χ1n) is 5.23. The van der Waals surface area contributed by atoms with Gasteiger partial charge in [-0.3, -0.25) is 4.39 Å². The Morgan fingerprint density at radius 1 is 1.25 bits per heavy atom. The topological polar surface area (TPSA) is 82.3 Å². The molecule has 108 valence electrons. The summed E-state index contributed by atoms with van der Waals surface area (Å²) in [5.74, 6) is -0.474. The number of halogens is 2. The fourth-order valence-corrected chi connectivity index (χ4v) is 2.46. The van der Waals surface area contributed by atoms with E-state index in [1.807, 2.05) is 0 Å². The van der Waals surface area contributed by atoms with Crippen molar-refractivity contribution in [3.05, 3.63) is 30.1 Å². The van der Waals surface area contributed by atoms with Crippen LogP contribution in [0.15, 0.2) is 38.8 Å². The van der Waals surface area contributed by atoms with Gasteiger partial charge in [-0.1, -0.05) is 22.0 Å². The summed E-state index contributed by atoms with van der Waals surface area (Å²) < 4.78 is 57.7. The first kappa shape index (κ1) is 14.7. The Labute approximate surface area is 117 Å². The SMILES string of the molecule is O=S(=O)(Oc1nnc(SCCF)o1)c1ccc(F)cc1. The zero-order valence-corrected chi connectivity index (χ0v) is 11.5. The predicted octanol–water partition coefficient (Wildman–Crippen LogP) is 2.04. The second-order valence-corrected chi connectivity index (χ2v) is 5.96. The van der Waals surface area contributed by atoms with Gasteiger partial charge in [0.15, 0.2) is 0 Å². The van der Waals surface area contributed by atoms with Crippen molar-refractivity contribution in [1.29, 1.82) is 0 Å². The van der Waals surface area contributed by atoms with E-state index in [4.69, 9.17) is 4.42 Å². The molecule has 0 N–H and O–H groups in total. The lowest BCUT2D eigenvalue weighted by atomic mass is 10.4. The van der Waals surface area contributed by atoms with Crippen LogP contribution in [0.25, 0.3) is 0 Å². The summed E-state index contributed by atoms with van der Waals surface area (Å²) in [5, 5.41) is 6.83. The highest BCUT2D eigenvalue weighted by Gasteiger charge is 2.20. The zero-order chi connectivity index (χ0) is 14.6. The van der Waals surface area contributed by atoms with Crippen molar-refractivity contribution in [2.45, 2.75) is 10.1 Å². The van der Waals surface area contributed by atoms with E-state index in [0.717, 1.165) is 36.0 Å². The first-order chi connectivity index (χ1) is 9.51. The van der Waals surface area contributed by atoms with Gasteiger partial charge in [-0.25, -0.2) is 4.39 Å². The molecule has 20 heavy (non-hydrogen) atoms. The number of nitrogens with zero attached hydrogens (tertiary/aromatic N) is 2. The molecule has 0 aliphatic rings. The van der Waals surface area contributed by atoms with E-state index >= 15 is 0 Å². The standard InChI is InChI=1S/C10H8F2N2O4S2/c11-5-6-19-10-14-13-9(17-10)18-20(15,16)8-3-1-7(12)2-4-8/h1-4H,5-6H2. The smallest absolute Gasteiger partial charge is 0.382 e. The number of benzene rings is 1. The van der Waals surface area contributed by atoms with Gasteiger partial charge in [0.25, 0.3) is 5.22 Å². The average molecular weight is 322 g/mol. The molecule has 1 heterocycles. The Morgan fingerprint density at radius 3 is 2.60 bits per heavy atom. The summed E-state index contributed by atoms with van der Waals surface area (Å²) in [7, 11) is -4.18. The lowest BCUT2D eigenvalue weighted by Crippen LogP contribution is -2.09. The summed E-state index contributed by atoms with van der Waals surface area (Å²) in [4.78, 5) is -0.255. The van der Waals surface area contributed by atoms with E-state index < -0.39 is 28.7 Å². The molecule has 0 aliphatic carbocycles. The van der Waals surface area contributed by atoms with Gasteiger partial charge >= 0.3 is 16.2 Å². The maximum atomic E-state index is 12.7. The molecule has 2 rings (SSSR count). The predicted molar refractivity (Wildman–Crippen MR) is 65.2 cm³/mol. The van der Waals surface area contributed by atoms with Crippen LogP contribution in [0, 0.1) is 5.82 Å². The number of hydrogen-bond donors (Lipinski definition) is 0. The molecule has 0 aliphatic heterocycles. The third kappa shape index (κ3) is 3.67. The van der Waals surface area contributed by atoms with Crippen LogP contribution < -0.4 is 4.18 Å². The molecule has 1 aromatic carbocycles. The Morgan fingerprint density at radius 2 is 1.95 bits per heavy atom. The molecule has 0 saturated carbocycles. The molecule has 6 nitrogen and oxygen atoms in total. The van der Waals surface area contributed by atoms with E-state index in [9.17, 15) is 17.2 Å². The maximum absolute atomic E-state index is 12.7. The Kier molecular flexibility index (Phi) is 4.55. The van der Waals surface area contributed by atoms with E-state index in [1.54, 1.807) is 0 Å². The maximum Gasteiger partial charge on any atom is 0.431 e. The Balaban J connectivity index is 2.12. The van der Waals surface area contributed by atoms with Gasteiger partial charge in [-0.2, -0.15) is 8.42 Å². The largest absolute Gasteiger partial charge is 0.431 e. The first-order valence-corrected chi connectivity index (χ1v) is 7.63. The molecule has 0 atom stereocenters. The Hall–Kier alpha value is -1.68.